The van der Waals surface area contributed by atoms with Crippen LogP contribution < -0.4 is 26.8 Å². The number of hydrogen-bond donors (Lipinski definition) is 4. The summed E-state index contributed by atoms with van der Waals surface area (Å²) in [6.07, 6.45) is 4.75. The summed E-state index contributed by atoms with van der Waals surface area (Å²) in [5.74, 6) is -0.405. The third-order valence-electron chi connectivity index (χ3n) is 5.99. The van der Waals surface area contributed by atoms with Gasteiger partial charge in [-0.2, -0.15) is 0 Å². The van der Waals surface area contributed by atoms with Crippen molar-refractivity contribution < 1.29 is 22.7 Å². The highest BCUT2D eigenvalue weighted by atomic mass is 35.5. The van der Waals surface area contributed by atoms with Crippen molar-refractivity contribution in [1.29, 1.82) is 0 Å². The third kappa shape index (κ3) is 9.62. The van der Waals surface area contributed by atoms with E-state index in [-0.39, 0.29) is 53.3 Å². The summed E-state index contributed by atoms with van der Waals surface area (Å²) in [5.41, 5.74) is 12.5. The quantitative estimate of drug-likeness (QED) is 0.284. The van der Waals surface area contributed by atoms with Gasteiger partial charge in [-0.25, -0.2) is 18.4 Å². The zero-order valence-corrected chi connectivity index (χ0v) is 22.9. The molecule has 0 spiro atoms. The van der Waals surface area contributed by atoms with Gasteiger partial charge in [0.05, 0.1) is 5.75 Å². The van der Waals surface area contributed by atoms with E-state index in [9.17, 15) is 18.0 Å². The first kappa shape index (κ1) is 29.4. The Kier molecular flexibility index (Phi) is 10.5. The highest BCUT2D eigenvalue weighted by Crippen LogP contribution is 2.19. The summed E-state index contributed by atoms with van der Waals surface area (Å²) < 4.78 is 27.7. The van der Waals surface area contributed by atoms with Crippen LogP contribution in [0.5, 0.6) is 5.75 Å². The number of anilines is 2. The number of amides is 2. The molecule has 208 valence electrons. The van der Waals surface area contributed by atoms with Gasteiger partial charge in [0.2, 0.25) is 0 Å². The van der Waals surface area contributed by atoms with E-state index >= 15 is 0 Å². The van der Waals surface area contributed by atoms with Gasteiger partial charge in [0.25, 0.3) is 11.8 Å². The topological polar surface area (TPSA) is 183 Å². The lowest BCUT2D eigenvalue weighted by atomic mass is 10.0. The fourth-order valence-electron chi connectivity index (χ4n) is 4.07. The smallest absolute Gasteiger partial charge is 0.274 e. The molecule has 1 aromatic heterocycles. The second-order valence-corrected chi connectivity index (χ2v) is 11.9. The van der Waals surface area contributed by atoms with Crippen molar-refractivity contribution in [2.45, 2.75) is 31.7 Å². The summed E-state index contributed by atoms with van der Waals surface area (Å²) in [5, 5.41) is 5.43. The number of likely N-dealkylation sites (tertiary alicyclic amines) is 1. The molecule has 38 heavy (non-hydrogen) atoms. The molecule has 0 bridgehead atoms. The molecule has 0 saturated carbocycles. The number of nitrogens with zero attached hydrogens (tertiary/aromatic N) is 3. The van der Waals surface area contributed by atoms with Crippen molar-refractivity contribution in [3.63, 3.8) is 0 Å². The second-order valence-electron chi connectivity index (χ2n) is 9.26. The summed E-state index contributed by atoms with van der Waals surface area (Å²) in [4.78, 5) is 34.5. The number of aromatic nitrogens is 2. The molecule has 1 aliphatic rings. The molecule has 1 saturated heterocycles. The maximum atomic E-state index is 12.6. The predicted molar refractivity (Wildman–Crippen MR) is 146 cm³/mol. The molecule has 2 aromatic rings. The van der Waals surface area contributed by atoms with Gasteiger partial charge in [0.15, 0.2) is 29.1 Å². The van der Waals surface area contributed by atoms with Gasteiger partial charge < -0.3 is 31.7 Å². The van der Waals surface area contributed by atoms with Crippen LogP contribution in [0.15, 0.2) is 24.3 Å². The molecule has 1 aromatic carbocycles. The number of sulfone groups is 1. The molecule has 12 nitrogen and oxygen atoms in total. The van der Waals surface area contributed by atoms with Gasteiger partial charge in [-0.05, 0) is 56.5 Å². The van der Waals surface area contributed by atoms with Crippen molar-refractivity contribution in [1.82, 2.24) is 25.5 Å². The van der Waals surface area contributed by atoms with Crippen molar-refractivity contribution in [2.75, 3.05) is 56.3 Å². The summed E-state index contributed by atoms with van der Waals surface area (Å²) in [6.45, 7) is 2.45. The summed E-state index contributed by atoms with van der Waals surface area (Å²) in [7, 11) is -3.12. The normalized spacial score (nSPS) is 16.1. The highest BCUT2D eigenvalue weighted by Gasteiger charge is 2.24. The number of benzene rings is 1. The van der Waals surface area contributed by atoms with Crippen LogP contribution in [0.3, 0.4) is 0 Å². The standard InChI is InChI=1S/C24H34ClN7O5S/c1-38(35,36)13-10-28-19(33)15-37-18-8-6-16(7-9-18)4-2-11-32-12-3-5-17(14-32)29-24(34)20-22(26)31-23(27)21(25)30-20/h6-9,17H,2-5,10-15H2,1H3,(H,28,33)(H,29,34)(H4,26,27,31)/t17-/m0/s1. The molecule has 3 rings (SSSR count). The van der Waals surface area contributed by atoms with E-state index in [1.807, 2.05) is 24.3 Å². The molecule has 1 aliphatic heterocycles. The number of piperidine rings is 1. The van der Waals surface area contributed by atoms with E-state index < -0.39 is 15.7 Å². The van der Waals surface area contributed by atoms with Crippen LogP contribution in [0, 0.1) is 0 Å². The van der Waals surface area contributed by atoms with E-state index in [1.54, 1.807) is 0 Å². The van der Waals surface area contributed by atoms with Crippen LogP contribution in [0.1, 0.15) is 35.3 Å². The number of carbonyl (C=O) groups is 2. The predicted octanol–water partition coefficient (Wildman–Crippen LogP) is 0.661. The van der Waals surface area contributed by atoms with Gasteiger partial charge in [-0.15, -0.1) is 0 Å². The summed E-state index contributed by atoms with van der Waals surface area (Å²) >= 11 is 5.89. The van der Waals surface area contributed by atoms with Crippen LogP contribution >= 0.6 is 11.6 Å². The van der Waals surface area contributed by atoms with Crippen LogP contribution in [0.2, 0.25) is 5.15 Å². The zero-order valence-electron chi connectivity index (χ0n) is 21.3. The van der Waals surface area contributed by atoms with E-state index in [1.165, 1.54) is 0 Å². The summed E-state index contributed by atoms with van der Waals surface area (Å²) in [6, 6.07) is 7.50. The van der Waals surface area contributed by atoms with E-state index in [4.69, 9.17) is 27.8 Å². The number of halogens is 1. The molecular formula is C24H34ClN7O5S. The van der Waals surface area contributed by atoms with Gasteiger partial charge in [0, 0.05) is 25.4 Å². The second kappa shape index (κ2) is 13.6. The molecule has 0 aliphatic carbocycles. The Morgan fingerprint density at radius 2 is 1.92 bits per heavy atom. The molecule has 0 radical (unpaired) electrons. The monoisotopic (exact) mass is 567 g/mol. The minimum Gasteiger partial charge on any atom is -0.484 e. The number of nitrogen functional groups attached to an aromatic ring is 2. The molecule has 2 amide bonds. The van der Waals surface area contributed by atoms with Crippen LogP contribution in [-0.2, 0) is 21.1 Å². The Morgan fingerprint density at radius 1 is 1.18 bits per heavy atom. The molecule has 14 heteroatoms. The first-order valence-corrected chi connectivity index (χ1v) is 14.7. The van der Waals surface area contributed by atoms with Crippen LogP contribution in [0.25, 0.3) is 0 Å². The minimum atomic E-state index is -3.12. The lowest BCUT2D eigenvalue weighted by molar-refractivity contribution is -0.122. The maximum absolute atomic E-state index is 12.6. The number of nitrogens with one attached hydrogen (secondary N) is 2. The minimum absolute atomic E-state index is 0.0156. The molecular weight excluding hydrogens is 534 g/mol. The number of aryl methyl sites for hydroxylation is 1. The highest BCUT2D eigenvalue weighted by molar-refractivity contribution is 7.90. The van der Waals surface area contributed by atoms with Gasteiger partial charge in [-0.3, -0.25) is 9.59 Å². The van der Waals surface area contributed by atoms with Gasteiger partial charge in [0.1, 0.15) is 15.6 Å². The van der Waals surface area contributed by atoms with Gasteiger partial charge in [-0.1, -0.05) is 23.7 Å². The Bertz CT molecular complexity index is 1230. The van der Waals surface area contributed by atoms with Crippen molar-refractivity contribution in [3.05, 3.63) is 40.7 Å². The van der Waals surface area contributed by atoms with E-state index in [2.05, 4.69) is 25.5 Å². The number of nitrogens with two attached hydrogens (primary N) is 2. The first-order chi connectivity index (χ1) is 18.0. The number of carbonyl (C=O) groups excluding carboxylic acids is 2. The lowest BCUT2D eigenvalue weighted by Crippen LogP contribution is -2.48. The molecule has 2 heterocycles. The average molecular weight is 568 g/mol. The Labute approximate surface area is 227 Å². The van der Waals surface area contributed by atoms with Crippen LogP contribution in [0.4, 0.5) is 11.6 Å². The fraction of sp³-hybridized carbons (Fsp3) is 0.500. The van der Waals surface area contributed by atoms with Gasteiger partial charge >= 0.3 is 0 Å². The number of rotatable bonds is 12. The Morgan fingerprint density at radius 3 is 2.63 bits per heavy atom. The maximum Gasteiger partial charge on any atom is 0.274 e. The third-order valence-corrected chi connectivity index (χ3v) is 7.21. The number of hydrogen-bond acceptors (Lipinski definition) is 10. The first-order valence-electron chi connectivity index (χ1n) is 12.3. The average Bonchev–Trinajstić information content (AvgIpc) is 2.85. The van der Waals surface area contributed by atoms with E-state index in [0.29, 0.717) is 5.75 Å². The molecule has 1 fully saturated rings. The molecule has 1 atom stereocenters. The van der Waals surface area contributed by atoms with Crippen molar-refractivity contribution in [2.24, 2.45) is 0 Å². The van der Waals surface area contributed by atoms with Crippen molar-refractivity contribution >= 4 is 44.9 Å². The fourth-order valence-corrected chi connectivity index (χ4v) is 4.67. The molecule has 6 N–H and O–H groups in total. The van der Waals surface area contributed by atoms with Crippen LogP contribution in [-0.4, -0.2) is 85.9 Å². The zero-order chi connectivity index (χ0) is 27.7. The van der Waals surface area contributed by atoms with E-state index in [0.717, 1.165) is 57.1 Å². The largest absolute Gasteiger partial charge is 0.484 e. The SMILES string of the molecule is CS(=O)(=O)CCNC(=O)COc1ccc(CCCN2CCC[C@H](NC(=O)c3nc(Cl)c(N)nc3N)C2)cc1. The number of ether oxygens (including phenoxy) is 1. The Balaban J connectivity index is 1.37. The lowest BCUT2D eigenvalue weighted by Gasteiger charge is -2.33. The molecule has 0 unspecified atom stereocenters. The van der Waals surface area contributed by atoms with Crippen molar-refractivity contribution in [3.8, 4) is 5.75 Å². The Hall–Kier alpha value is -3.16.